The Balaban J connectivity index is 1.95. The summed E-state index contributed by atoms with van der Waals surface area (Å²) in [5.41, 5.74) is 2.20. The van der Waals surface area contributed by atoms with Gasteiger partial charge in [-0.05, 0) is 45.3 Å². The molecule has 3 rings (SSSR count). The molecule has 0 heterocycles. The largest absolute Gasteiger partial charge is 0.341 e. The number of carbonyl (C=O) groups excluding carboxylic acids is 1. The summed E-state index contributed by atoms with van der Waals surface area (Å²) in [6, 6.07) is 23.1. The Morgan fingerprint density at radius 3 is 1.96 bits per heavy atom. The molecule has 24 heavy (non-hydrogen) atoms. The lowest BCUT2D eigenvalue weighted by Crippen LogP contribution is -2.29. The van der Waals surface area contributed by atoms with Crippen LogP contribution in [0.3, 0.4) is 0 Å². The number of nitrogens with one attached hydrogen (secondary N) is 1. The Bertz CT molecular complexity index is 797. The van der Waals surface area contributed by atoms with Crippen molar-refractivity contribution < 1.29 is 9.18 Å². The molecular weight excluding hydrogens is 369 g/mol. The number of benzene rings is 3. The van der Waals surface area contributed by atoms with Crippen LogP contribution in [0.5, 0.6) is 0 Å². The Morgan fingerprint density at radius 2 is 1.42 bits per heavy atom. The minimum absolute atomic E-state index is 0.270. The van der Waals surface area contributed by atoms with E-state index >= 15 is 0 Å². The summed E-state index contributed by atoms with van der Waals surface area (Å²) in [6.45, 7) is 0. The van der Waals surface area contributed by atoms with Crippen LogP contribution in [0.4, 0.5) is 4.39 Å². The summed E-state index contributed by atoms with van der Waals surface area (Å²) in [5.74, 6) is -0.779. The molecule has 0 aromatic heterocycles. The van der Waals surface area contributed by atoms with Gasteiger partial charge in [0.2, 0.25) is 0 Å². The molecule has 0 spiro atoms. The van der Waals surface area contributed by atoms with Crippen LogP contribution in [-0.4, -0.2) is 5.91 Å². The van der Waals surface area contributed by atoms with E-state index in [2.05, 4.69) is 21.2 Å². The van der Waals surface area contributed by atoms with Gasteiger partial charge in [-0.3, -0.25) is 4.79 Å². The molecule has 0 radical (unpaired) electrons. The monoisotopic (exact) mass is 383 g/mol. The molecule has 0 aliphatic carbocycles. The van der Waals surface area contributed by atoms with E-state index in [1.165, 1.54) is 18.2 Å². The predicted octanol–water partition coefficient (Wildman–Crippen LogP) is 5.11. The van der Waals surface area contributed by atoms with Crippen LogP contribution in [0.25, 0.3) is 0 Å². The van der Waals surface area contributed by atoms with Gasteiger partial charge in [0, 0.05) is 4.47 Å². The Kier molecular flexibility index (Phi) is 5.06. The highest BCUT2D eigenvalue weighted by Crippen LogP contribution is 2.24. The van der Waals surface area contributed by atoms with Crippen molar-refractivity contribution in [1.29, 1.82) is 0 Å². The van der Waals surface area contributed by atoms with Crippen LogP contribution in [0, 0.1) is 5.82 Å². The standard InChI is InChI=1S/C20H15BrFNO/c21-18-12-11-16(22)13-17(18)20(24)23-19(14-7-3-1-4-8-14)15-9-5-2-6-10-15/h1-13,19H,(H,23,24). The van der Waals surface area contributed by atoms with Crippen LogP contribution >= 0.6 is 15.9 Å². The van der Waals surface area contributed by atoms with Crippen LogP contribution < -0.4 is 5.32 Å². The lowest BCUT2D eigenvalue weighted by atomic mass is 9.98. The Hall–Kier alpha value is -2.46. The summed E-state index contributed by atoms with van der Waals surface area (Å²) in [5, 5.41) is 3.00. The second kappa shape index (κ2) is 7.41. The van der Waals surface area contributed by atoms with E-state index in [0.717, 1.165) is 11.1 Å². The van der Waals surface area contributed by atoms with Crippen LogP contribution in [0.2, 0.25) is 0 Å². The highest BCUT2D eigenvalue weighted by molar-refractivity contribution is 9.10. The summed E-state index contributed by atoms with van der Waals surface area (Å²) in [6.07, 6.45) is 0. The second-order valence-corrected chi connectivity index (χ2v) is 6.21. The first-order valence-electron chi connectivity index (χ1n) is 7.51. The van der Waals surface area contributed by atoms with Gasteiger partial charge in [-0.15, -0.1) is 0 Å². The van der Waals surface area contributed by atoms with Crippen molar-refractivity contribution in [3.05, 3.63) is 106 Å². The summed E-state index contributed by atoms with van der Waals surface area (Å²) in [7, 11) is 0. The predicted molar refractivity (Wildman–Crippen MR) is 96.3 cm³/mol. The molecule has 1 N–H and O–H groups in total. The minimum atomic E-state index is -0.445. The first-order valence-corrected chi connectivity index (χ1v) is 8.30. The number of rotatable bonds is 4. The highest BCUT2D eigenvalue weighted by Gasteiger charge is 2.19. The van der Waals surface area contributed by atoms with Gasteiger partial charge in [-0.25, -0.2) is 4.39 Å². The zero-order valence-corrected chi connectivity index (χ0v) is 14.3. The normalized spacial score (nSPS) is 10.6. The molecule has 0 saturated carbocycles. The highest BCUT2D eigenvalue weighted by atomic mass is 79.9. The third-order valence-corrected chi connectivity index (χ3v) is 4.41. The number of carbonyl (C=O) groups is 1. The molecular formula is C20H15BrFNO. The van der Waals surface area contributed by atoms with E-state index in [1.54, 1.807) is 0 Å². The molecule has 0 bridgehead atoms. The minimum Gasteiger partial charge on any atom is -0.341 e. The smallest absolute Gasteiger partial charge is 0.253 e. The molecule has 120 valence electrons. The van der Waals surface area contributed by atoms with Crippen molar-refractivity contribution in [2.75, 3.05) is 0 Å². The maximum Gasteiger partial charge on any atom is 0.253 e. The fourth-order valence-corrected chi connectivity index (χ4v) is 2.96. The van der Waals surface area contributed by atoms with E-state index in [1.807, 2.05) is 60.7 Å². The van der Waals surface area contributed by atoms with Crippen molar-refractivity contribution in [1.82, 2.24) is 5.32 Å². The maximum atomic E-state index is 13.5. The van der Waals surface area contributed by atoms with E-state index in [0.29, 0.717) is 4.47 Å². The Morgan fingerprint density at radius 1 is 0.875 bits per heavy atom. The fraction of sp³-hybridized carbons (Fsp3) is 0.0500. The van der Waals surface area contributed by atoms with Crippen molar-refractivity contribution >= 4 is 21.8 Å². The van der Waals surface area contributed by atoms with Gasteiger partial charge in [0.1, 0.15) is 5.82 Å². The molecule has 0 aliphatic rings. The molecule has 0 fully saturated rings. The van der Waals surface area contributed by atoms with Crippen molar-refractivity contribution in [2.45, 2.75) is 6.04 Å². The van der Waals surface area contributed by atoms with E-state index in [4.69, 9.17) is 0 Å². The quantitative estimate of drug-likeness (QED) is 0.666. The maximum absolute atomic E-state index is 13.5. The third kappa shape index (κ3) is 3.71. The number of hydrogen-bond donors (Lipinski definition) is 1. The molecule has 0 saturated heterocycles. The van der Waals surface area contributed by atoms with Crippen LogP contribution in [0.1, 0.15) is 27.5 Å². The lowest BCUT2D eigenvalue weighted by molar-refractivity contribution is 0.0941. The fourth-order valence-electron chi connectivity index (χ4n) is 2.53. The van der Waals surface area contributed by atoms with E-state index < -0.39 is 5.82 Å². The lowest BCUT2D eigenvalue weighted by Gasteiger charge is -2.20. The number of amides is 1. The zero-order chi connectivity index (χ0) is 16.9. The average Bonchev–Trinajstić information content (AvgIpc) is 2.63. The first-order chi connectivity index (χ1) is 11.6. The first kappa shape index (κ1) is 16.4. The van der Waals surface area contributed by atoms with Gasteiger partial charge in [-0.2, -0.15) is 0 Å². The van der Waals surface area contributed by atoms with Crippen LogP contribution in [-0.2, 0) is 0 Å². The van der Waals surface area contributed by atoms with Crippen molar-refractivity contribution in [3.8, 4) is 0 Å². The van der Waals surface area contributed by atoms with Crippen molar-refractivity contribution in [3.63, 3.8) is 0 Å². The second-order valence-electron chi connectivity index (χ2n) is 5.35. The molecule has 0 unspecified atom stereocenters. The third-order valence-electron chi connectivity index (χ3n) is 3.71. The topological polar surface area (TPSA) is 29.1 Å². The molecule has 2 nitrogen and oxygen atoms in total. The molecule has 4 heteroatoms. The SMILES string of the molecule is O=C(NC(c1ccccc1)c1ccccc1)c1cc(F)ccc1Br. The van der Waals surface area contributed by atoms with E-state index in [-0.39, 0.29) is 17.5 Å². The van der Waals surface area contributed by atoms with Gasteiger partial charge < -0.3 is 5.32 Å². The molecule has 3 aromatic rings. The van der Waals surface area contributed by atoms with Gasteiger partial charge in [0.05, 0.1) is 11.6 Å². The molecule has 0 aliphatic heterocycles. The van der Waals surface area contributed by atoms with Gasteiger partial charge in [-0.1, -0.05) is 60.7 Å². The molecule has 3 aromatic carbocycles. The van der Waals surface area contributed by atoms with Gasteiger partial charge in [0.15, 0.2) is 0 Å². The molecule has 1 amide bonds. The van der Waals surface area contributed by atoms with Gasteiger partial charge >= 0.3 is 0 Å². The number of halogens is 2. The average molecular weight is 384 g/mol. The summed E-state index contributed by atoms with van der Waals surface area (Å²) < 4.78 is 14.0. The van der Waals surface area contributed by atoms with E-state index in [9.17, 15) is 9.18 Å². The summed E-state index contributed by atoms with van der Waals surface area (Å²) >= 11 is 3.31. The van der Waals surface area contributed by atoms with Gasteiger partial charge in [0.25, 0.3) is 5.91 Å². The zero-order valence-electron chi connectivity index (χ0n) is 12.7. The van der Waals surface area contributed by atoms with Crippen LogP contribution in [0.15, 0.2) is 83.3 Å². The summed E-state index contributed by atoms with van der Waals surface area (Å²) in [4.78, 5) is 12.7. The Labute approximate surface area is 148 Å². The molecule has 0 atom stereocenters. The number of hydrogen-bond acceptors (Lipinski definition) is 1. The van der Waals surface area contributed by atoms with Crippen molar-refractivity contribution in [2.24, 2.45) is 0 Å².